The zero-order valence-corrected chi connectivity index (χ0v) is 17.0. The van der Waals surface area contributed by atoms with Gasteiger partial charge >= 0.3 is 0 Å². The number of aromatic nitrogens is 6. The van der Waals surface area contributed by atoms with Crippen LogP contribution in [0.5, 0.6) is 0 Å². The zero-order chi connectivity index (χ0) is 20.7. The minimum absolute atomic E-state index is 0.0447. The fourth-order valence-corrected chi connectivity index (χ4v) is 4.23. The lowest BCUT2D eigenvalue weighted by Gasteiger charge is -2.22. The topological polar surface area (TPSA) is 96.2 Å². The Bertz CT molecular complexity index is 1020. The minimum atomic E-state index is -0.0447. The van der Waals surface area contributed by atoms with E-state index in [1.165, 1.54) is 0 Å². The Morgan fingerprint density at radius 1 is 1.03 bits per heavy atom. The van der Waals surface area contributed by atoms with Crippen LogP contribution in [-0.2, 0) is 0 Å². The third-order valence-corrected chi connectivity index (χ3v) is 5.80. The quantitative estimate of drug-likeness (QED) is 0.627. The van der Waals surface area contributed by atoms with Crippen molar-refractivity contribution in [2.24, 2.45) is 11.8 Å². The molecule has 154 valence electrons. The van der Waals surface area contributed by atoms with Gasteiger partial charge in [0.2, 0.25) is 0 Å². The summed E-state index contributed by atoms with van der Waals surface area (Å²) in [7, 11) is 3.79. The predicted octanol–water partition coefficient (Wildman–Crippen LogP) is 0.727. The lowest BCUT2D eigenvalue weighted by atomic mass is 10.0. The van der Waals surface area contributed by atoms with E-state index >= 15 is 0 Å². The summed E-state index contributed by atoms with van der Waals surface area (Å²) < 4.78 is 1.73. The van der Waals surface area contributed by atoms with Crippen molar-refractivity contribution in [3.63, 3.8) is 0 Å². The molecule has 0 saturated carbocycles. The van der Waals surface area contributed by atoms with E-state index in [2.05, 4.69) is 30.2 Å². The summed E-state index contributed by atoms with van der Waals surface area (Å²) in [6.07, 6.45) is 5.17. The van der Waals surface area contributed by atoms with Crippen molar-refractivity contribution in [1.29, 1.82) is 0 Å². The number of carbonyl (C=O) groups excluding carboxylic acids is 1. The van der Waals surface area contributed by atoms with Crippen molar-refractivity contribution in [2.45, 2.75) is 0 Å². The van der Waals surface area contributed by atoms with Gasteiger partial charge in [-0.15, -0.1) is 10.2 Å². The SMILES string of the molecule is CN(C)c1ccc(C(=O)N2CC3CN(c4cc(-n5cccn5)ncn4)CC3C2)nn1. The summed E-state index contributed by atoms with van der Waals surface area (Å²) in [6, 6.07) is 7.40. The molecule has 0 N–H and O–H groups in total. The monoisotopic (exact) mass is 405 g/mol. The van der Waals surface area contributed by atoms with E-state index < -0.39 is 0 Å². The highest BCUT2D eigenvalue weighted by Gasteiger charge is 2.42. The van der Waals surface area contributed by atoms with Crippen LogP contribution in [0.15, 0.2) is 43.0 Å². The maximum absolute atomic E-state index is 12.9. The van der Waals surface area contributed by atoms with Gasteiger partial charge in [0.25, 0.3) is 5.91 Å². The Hall–Kier alpha value is -3.56. The molecule has 2 fully saturated rings. The van der Waals surface area contributed by atoms with Gasteiger partial charge in [0.05, 0.1) is 0 Å². The molecular weight excluding hydrogens is 382 g/mol. The van der Waals surface area contributed by atoms with Crippen LogP contribution in [0, 0.1) is 11.8 Å². The number of anilines is 2. The first-order chi connectivity index (χ1) is 14.6. The Kier molecular flexibility index (Phi) is 4.53. The van der Waals surface area contributed by atoms with Gasteiger partial charge in [0, 0.05) is 70.6 Å². The lowest BCUT2D eigenvalue weighted by Crippen LogP contribution is -2.34. The molecule has 5 heterocycles. The molecule has 5 rings (SSSR count). The highest BCUT2D eigenvalue weighted by Crippen LogP contribution is 2.34. The average molecular weight is 405 g/mol. The highest BCUT2D eigenvalue weighted by molar-refractivity contribution is 5.92. The Morgan fingerprint density at radius 3 is 2.43 bits per heavy atom. The van der Waals surface area contributed by atoms with Gasteiger partial charge < -0.3 is 14.7 Å². The first-order valence-electron chi connectivity index (χ1n) is 9.96. The Labute approximate surface area is 174 Å². The van der Waals surface area contributed by atoms with Crippen molar-refractivity contribution in [1.82, 2.24) is 34.8 Å². The average Bonchev–Trinajstić information content (AvgIpc) is 3.50. The van der Waals surface area contributed by atoms with E-state index in [1.54, 1.807) is 23.3 Å². The number of amides is 1. The van der Waals surface area contributed by atoms with Gasteiger partial charge in [-0.25, -0.2) is 14.6 Å². The first-order valence-corrected chi connectivity index (χ1v) is 9.96. The number of likely N-dealkylation sites (tertiary alicyclic amines) is 1. The summed E-state index contributed by atoms with van der Waals surface area (Å²) in [4.78, 5) is 27.7. The Morgan fingerprint density at radius 2 is 1.80 bits per heavy atom. The summed E-state index contributed by atoms with van der Waals surface area (Å²) in [5, 5.41) is 12.5. The Balaban J connectivity index is 1.24. The third-order valence-electron chi connectivity index (χ3n) is 5.80. The van der Waals surface area contributed by atoms with Crippen LogP contribution in [0.4, 0.5) is 11.6 Å². The maximum atomic E-state index is 12.9. The molecule has 10 heteroatoms. The van der Waals surface area contributed by atoms with Gasteiger partial charge in [0.1, 0.15) is 12.1 Å². The molecule has 3 aromatic rings. The number of hydrogen-bond donors (Lipinski definition) is 0. The van der Waals surface area contributed by atoms with Crippen molar-refractivity contribution in [3.05, 3.63) is 48.7 Å². The van der Waals surface area contributed by atoms with Crippen molar-refractivity contribution < 1.29 is 4.79 Å². The molecule has 0 bridgehead atoms. The second kappa shape index (κ2) is 7.36. The molecule has 0 aliphatic carbocycles. The van der Waals surface area contributed by atoms with E-state index in [9.17, 15) is 4.79 Å². The van der Waals surface area contributed by atoms with E-state index in [-0.39, 0.29) is 5.91 Å². The van der Waals surface area contributed by atoms with Crippen LogP contribution in [-0.4, -0.2) is 81.0 Å². The fraction of sp³-hybridized carbons (Fsp3) is 0.400. The molecule has 10 nitrogen and oxygen atoms in total. The van der Waals surface area contributed by atoms with E-state index in [1.807, 2.05) is 48.3 Å². The minimum Gasteiger partial charge on any atom is -0.361 e. The molecule has 0 spiro atoms. The van der Waals surface area contributed by atoms with Crippen LogP contribution in [0.1, 0.15) is 10.5 Å². The molecule has 2 aliphatic heterocycles. The van der Waals surface area contributed by atoms with Crippen molar-refractivity contribution in [3.8, 4) is 5.82 Å². The molecule has 2 saturated heterocycles. The second-order valence-electron chi connectivity index (χ2n) is 7.99. The van der Waals surface area contributed by atoms with Gasteiger partial charge in [-0.05, 0) is 18.2 Å². The van der Waals surface area contributed by atoms with Gasteiger partial charge in [-0.1, -0.05) is 0 Å². The maximum Gasteiger partial charge on any atom is 0.274 e. The summed E-state index contributed by atoms with van der Waals surface area (Å²) in [5.74, 6) is 3.18. The van der Waals surface area contributed by atoms with Gasteiger partial charge in [0.15, 0.2) is 17.3 Å². The van der Waals surface area contributed by atoms with E-state index in [4.69, 9.17) is 0 Å². The number of carbonyl (C=O) groups is 1. The zero-order valence-electron chi connectivity index (χ0n) is 17.0. The molecule has 30 heavy (non-hydrogen) atoms. The van der Waals surface area contributed by atoms with Crippen LogP contribution >= 0.6 is 0 Å². The number of hydrogen-bond acceptors (Lipinski definition) is 8. The second-order valence-corrected chi connectivity index (χ2v) is 7.99. The molecule has 2 atom stereocenters. The predicted molar refractivity (Wildman–Crippen MR) is 111 cm³/mol. The largest absolute Gasteiger partial charge is 0.361 e. The van der Waals surface area contributed by atoms with Gasteiger partial charge in [-0.2, -0.15) is 5.10 Å². The van der Waals surface area contributed by atoms with Crippen LogP contribution < -0.4 is 9.80 Å². The number of fused-ring (bicyclic) bond motifs is 1. The summed E-state index contributed by atoms with van der Waals surface area (Å²) in [5.41, 5.74) is 0.400. The van der Waals surface area contributed by atoms with Crippen LogP contribution in [0.3, 0.4) is 0 Å². The van der Waals surface area contributed by atoms with Gasteiger partial charge in [-0.3, -0.25) is 4.79 Å². The molecule has 0 aromatic carbocycles. The summed E-state index contributed by atoms with van der Waals surface area (Å²) >= 11 is 0. The molecule has 1 amide bonds. The standard InChI is InChI=1S/C20H23N9O/c1-26(2)17-5-4-16(24-25-17)20(30)28-11-14-9-27(10-15(14)12-28)18-8-19(22-13-21-18)29-7-3-6-23-29/h3-8,13-15H,9-12H2,1-2H3. The van der Waals surface area contributed by atoms with Crippen LogP contribution in [0.25, 0.3) is 5.82 Å². The number of rotatable bonds is 4. The molecular formula is C20H23N9O. The normalized spacial score (nSPS) is 20.5. The van der Waals surface area contributed by atoms with E-state index in [0.29, 0.717) is 17.5 Å². The first kappa shape index (κ1) is 18.5. The smallest absolute Gasteiger partial charge is 0.274 e. The van der Waals surface area contributed by atoms with Crippen molar-refractivity contribution >= 4 is 17.5 Å². The third kappa shape index (κ3) is 3.34. The molecule has 3 aromatic heterocycles. The van der Waals surface area contributed by atoms with Crippen LogP contribution in [0.2, 0.25) is 0 Å². The fourth-order valence-electron chi connectivity index (χ4n) is 4.23. The lowest BCUT2D eigenvalue weighted by molar-refractivity contribution is 0.0775. The molecule has 0 radical (unpaired) electrons. The molecule has 2 aliphatic rings. The summed E-state index contributed by atoms with van der Waals surface area (Å²) in [6.45, 7) is 3.20. The van der Waals surface area contributed by atoms with E-state index in [0.717, 1.165) is 43.6 Å². The highest BCUT2D eigenvalue weighted by atomic mass is 16.2. The molecule has 2 unspecified atom stereocenters. The number of nitrogens with zero attached hydrogens (tertiary/aromatic N) is 9. The van der Waals surface area contributed by atoms with Crippen molar-refractivity contribution in [2.75, 3.05) is 50.1 Å².